The number of hydrogen-bond donors (Lipinski definition) is 1. The van der Waals surface area contributed by atoms with E-state index in [1.807, 2.05) is 4.90 Å². The van der Waals surface area contributed by atoms with Crippen molar-refractivity contribution >= 4 is 47.4 Å². The highest BCUT2D eigenvalue weighted by molar-refractivity contribution is 6.35. The largest absolute Gasteiger partial charge is 0.378 e. The number of hydrogen-bond acceptors (Lipinski definition) is 4. The molecular formula is C17H22Cl3N3O3. The quantitative estimate of drug-likeness (QED) is 0.810. The van der Waals surface area contributed by atoms with Gasteiger partial charge in [0.05, 0.1) is 13.2 Å². The third kappa shape index (κ3) is 5.47. The summed E-state index contributed by atoms with van der Waals surface area (Å²) in [5.74, 6) is -0.0141. The summed E-state index contributed by atoms with van der Waals surface area (Å²) in [6, 6.07) is 4.90. The van der Waals surface area contributed by atoms with Crippen molar-refractivity contribution in [2.45, 2.75) is 12.5 Å². The van der Waals surface area contributed by atoms with Crippen LogP contribution in [0.15, 0.2) is 18.2 Å². The van der Waals surface area contributed by atoms with Gasteiger partial charge in [-0.15, -0.1) is 12.4 Å². The minimum Gasteiger partial charge on any atom is -0.378 e. The van der Waals surface area contributed by atoms with Gasteiger partial charge in [-0.1, -0.05) is 23.2 Å². The van der Waals surface area contributed by atoms with Crippen LogP contribution in [0.1, 0.15) is 16.8 Å². The number of carbonyl (C=O) groups is 2. The van der Waals surface area contributed by atoms with Crippen LogP contribution in [0.25, 0.3) is 0 Å². The van der Waals surface area contributed by atoms with Crippen LogP contribution in [-0.2, 0) is 9.53 Å². The van der Waals surface area contributed by atoms with E-state index in [0.29, 0.717) is 61.4 Å². The van der Waals surface area contributed by atoms with Crippen LogP contribution in [0.3, 0.4) is 0 Å². The SMILES string of the molecule is Cl.O=C(CC1COCCN1)N1CCN(C(=O)c2cc(Cl)cc(Cl)c2)CC1. The number of halogens is 3. The van der Waals surface area contributed by atoms with E-state index < -0.39 is 0 Å². The van der Waals surface area contributed by atoms with Gasteiger partial charge in [-0.25, -0.2) is 0 Å². The number of rotatable bonds is 3. The van der Waals surface area contributed by atoms with Crippen LogP contribution in [0.4, 0.5) is 0 Å². The smallest absolute Gasteiger partial charge is 0.254 e. The lowest BCUT2D eigenvalue weighted by molar-refractivity contribution is -0.133. The number of morpholine rings is 1. The average Bonchev–Trinajstić information content (AvgIpc) is 2.61. The Morgan fingerprint density at radius 2 is 1.69 bits per heavy atom. The van der Waals surface area contributed by atoms with Crippen LogP contribution in [-0.4, -0.2) is 73.6 Å². The molecule has 0 aliphatic carbocycles. The van der Waals surface area contributed by atoms with E-state index in [1.165, 1.54) is 0 Å². The average molecular weight is 423 g/mol. The lowest BCUT2D eigenvalue weighted by atomic mass is 10.1. The van der Waals surface area contributed by atoms with E-state index in [9.17, 15) is 9.59 Å². The molecular weight excluding hydrogens is 401 g/mol. The molecule has 2 aliphatic rings. The van der Waals surface area contributed by atoms with Crippen molar-refractivity contribution in [1.82, 2.24) is 15.1 Å². The zero-order valence-corrected chi connectivity index (χ0v) is 16.6. The minimum absolute atomic E-state index is 0. The molecule has 0 bridgehead atoms. The summed E-state index contributed by atoms with van der Waals surface area (Å²) in [4.78, 5) is 28.5. The van der Waals surface area contributed by atoms with Gasteiger partial charge in [0, 0.05) is 60.8 Å². The van der Waals surface area contributed by atoms with Crippen molar-refractivity contribution in [2.75, 3.05) is 45.9 Å². The van der Waals surface area contributed by atoms with Gasteiger partial charge < -0.3 is 19.9 Å². The Labute approximate surface area is 169 Å². The second kappa shape index (κ2) is 9.76. The molecule has 1 aromatic rings. The minimum atomic E-state index is -0.112. The predicted molar refractivity (Wildman–Crippen MR) is 103 cm³/mol. The van der Waals surface area contributed by atoms with Crippen LogP contribution < -0.4 is 5.32 Å². The van der Waals surface area contributed by atoms with Gasteiger partial charge >= 0.3 is 0 Å². The Bertz CT molecular complexity index is 625. The molecule has 0 radical (unpaired) electrons. The maximum absolute atomic E-state index is 12.6. The molecule has 1 N–H and O–H groups in total. The Hall–Kier alpha value is -1.05. The molecule has 2 amide bonds. The van der Waals surface area contributed by atoms with E-state index in [4.69, 9.17) is 27.9 Å². The van der Waals surface area contributed by atoms with Gasteiger partial charge in [0.15, 0.2) is 0 Å². The zero-order valence-electron chi connectivity index (χ0n) is 14.2. The third-order valence-corrected chi connectivity index (χ3v) is 4.88. The first-order valence-electron chi connectivity index (χ1n) is 8.37. The molecule has 6 nitrogen and oxygen atoms in total. The van der Waals surface area contributed by atoms with Crippen molar-refractivity contribution in [2.24, 2.45) is 0 Å². The Kier molecular flexibility index (Phi) is 7.98. The van der Waals surface area contributed by atoms with Crippen LogP contribution in [0, 0.1) is 0 Å². The summed E-state index contributed by atoms with van der Waals surface area (Å²) < 4.78 is 5.38. The van der Waals surface area contributed by atoms with Gasteiger partial charge in [0.2, 0.25) is 5.91 Å². The molecule has 144 valence electrons. The van der Waals surface area contributed by atoms with Crippen molar-refractivity contribution in [3.8, 4) is 0 Å². The number of nitrogens with one attached hydrogen (secondary N) is 1. The fourth-order valence-electron chi connectivity index (χ4n) is 3.11. The fourth-order valence-corrected chi connectivity index (χ4v) is 3.64. The van der Waals surface area contributed by atoms with E-state index in [0.717, 1.165) is 6.54 Å². The van der Waals surface area contributed by atoms with E-state index in [2.05, 4.69) is 5.32 Å². The topological polar surface area (TPSA) is 61.9 Å². The van der Waals surface area contributed by atoms with Gasteiger partial charge in [-0.3, -0.25) is 9.59 Å². The van der Waals surface area contributed by atoms with Crippen LogP contribution in [0.5, 0.6) is 0 Å². The van der Waals surface area contributed by atoms with Gasteiger partial charge in [0.1, 0.15) is 0 Å². The van der Waals surface area contributed by atoms with Crippen LogP contribution in [0.2, 0.25) is 10.0 Å². The van der Waals surface area contributed by atoms with E-state index in [1.54, 1.807) is 23.1 Å². The molecule has 9 heteroatoms. The van der Waals surface area contributed by atoms with Crippen molar-refractivity contribution in [3.63, 3.8) is 0 Å². The molecule has 0 spiro atoms. The molecule has 2 fully saturated rings. The molecule has 0 saturated carbocycles. The summed E-state index contributed by atoms with van der Waals surface area (Å²) in [6.45, 7) is 4.12. The van der Waals surface area contributed by atoms with Gasteiger partial charge in [0.25, 0.3) is 5.91 Å². The number of ether oxygens (including phenoxy) is 1. The first kappa shape index (κ1) is 21.3. The maximum Gasteiger partial charge on any atom is 0.254 e. The van der Waals surface area contributed by atoms with Gasteiger partial charge in [-0.2, -0.15) is 0 Å². The molecule has 1 aromatic carbocycles. The summed E-state index contributed by atoms with van der Waals surface area (Å²) in [7, 11) is 0. The molecule has 1 atom stereocenters. The highest BCUT2D eigenvalue weighted by atomic mass is 35.5. The van der Waals surface area contributed by atoms with E-state index in [-0.39, 0.29) is 30.3 Å². The second-order valence-corrected chi connectivity index (χ2v) is 7.13. The molecule has 2 heterocycles. The molecule has 0 aromatic heterocycles. The zero-order chi connectivity index (χ0) is 17.8. The summed E-state index contributed by atoms with van der Waals surface area (Å²) in [6.07, 6.45) is 0.428. The summed E-state index contributed by atoms with van der Waals surface area (Å²) in [5.41, 5.74) is 0.473. The number of carbonyl (C=O) groups excluding carboxylic acids is 2. The molecule has 26 heavy (non-hydrogen) atoms. The monoisotopic (exact) mass is 421 g/mol. The number of benzene rings is 1. The van der Waals surface area contributed by atoms with Crippen molar-refractivity contribution in [1.29, 1.82) is 0 Å². The molecule has 1 unspecified atom stereocenters. The predicted octanol–water partition coefficient (Wildman–Crippen LogP) is 2.08. The normalized spacial score (nSPS) is 20.5. The van der Waals surface area contributed by atoms with Gasteiger partial charge in [-0.05, 0) is 18.2 Å². The maximum atomic E-state index is 12.6. The van der Waals surface area contributed by atoms with Crippen LogP contribution >= 0.6 is 35.6 Å². The number of amides is 2. The van der Waals surface area contributed by atoms with E-state index >= 15 is 0 Å². The van der Waals surface area contributed by atoms with Crippen molar-refractivity contribution < 1.29 is 14.3 Å². The highest BCUT2D eigenvalue weighted by Gasteiger charge is 2.27. The fraction of sp³-hybridized carbons (Fsp3) is 0.529. The number of piperazine rings is 1. The lowest BCUT2D eigenvalue weighted by Crippen LogP contribution is -2.52. The Morgan fingerprint density at radius 3 is 2.27 bits per heavy atom. The first-order chi connectivity index (χ1) is 12.0. The molecule has 2 aliphatic heterocycles. The Morgan fingerprint density at radius 1 is 1.08 bits per heavy atom. The summed E-state index contributed by atoms with van der Waals surface area (Å²) >= 11 is 11.9. The lowest BCUT2D eigenvalue weighted by Gasteiger charge is -2.36. The first-order valence-corrected chi connectivity index (χ1v) is 9.13. The second-order valence-electron chi connectivity index (χ2n) is 6.26. The molecule has 2 saturated heterocycles. The Balaban J connectivity index is 0.00000243. The third-order valence-electron chi connectivity index (χ3n) is 4.45. The van der Waals surface area contributed by atoms with Crippen molar-refractivity contribution in [3.05, 3.63) is 33.8 Å². The summed E-state index contributed by atoms with van der Waals surface area (Å²) in [5, 5.41) is 4.16. The molecule has 3 rings (SSSR count). The number of nitrogens with zero attached hydrogens (tertiary/aromatic N) is 2. The standard InChI is InChI=1S/C17H21Cl2N3O3.ClH/c18-13-7-12(8-14(19)9-13)17(24)22-4-2-21(3-5-22)16(23)10-15-11-25-6-1-20-15;/h7-9,15,20H,1-6,10-11H2;1H. The highest BCUT2D eigenvalue weighted by Crippen LogP contribution is 2.21.